The summed E-state index contributed by atoms with van der Waals surface area (Å²) in [5.74, 6) is 0.0960. The normalized spacial score (nSPS) is 13.7. The highest BCUT2D eigenvalue weighted by molar-refractivity contribution is 5.94. The molecular weight excluding hydrogens is 332 g/mol. The lowest BCUT2D eigenvalue weighted by Crippen LogP contribution is -2.35. The van der Waals surface area contributed by atoms with E-state index in [0.717, 1.165) is 24.2 Å². The van der Waals surface area contributed by atoms with Gasteiger partial charge in [-0.2, -0.15) is 0 Å². The van der Waals surface area contributed by atoms with Gasteiger partial charge in [-0.05, 0) is 93.3 Å². The van der Waals surface area contributed by atoms with Gasteiger partial charge in [0.1, 0.15) is 0 Å². The molecule has 1 aliphatic rings. The van der Waals surface area contributed by atoms with Gasteiger partial charge >= 0.3 is 0 Å². The Morgan fingerprint density at radius 1 is 1.04 bits per heavy atom. The summed E-state index contributed by atoms with van der Waals surface area (Å²) in [5, 5.41) is 0. The molecule has 0 amide bonds. The second kappa shape index (κ2) is 7.07. The Balaban J connectivity index is 1.71. The largest absolute Gasteiger partial charge is 0.369 e. The first-order valence-corrected chi connectivity index (χ1v) is 9.73. The first kappa shape index (κ1) is 17.6. The second-order valence-corrected chi connectivity index (χ2v) is 7.60. The molecule has 138 valence electrons. The first-order valence-electron chi connectivity index (χ1n) is 9.73. The Labute approximate surface area is 161 Å². The third-order valence-corrected chi connectivity index (χ3v) is 5.45. The van der Waals surface area contributed by atoms with Gasteiger partial charge in [0.05, 0.1) is 5.69 Å². The molecule has 0 N–H and O–H groups in total. The van der Waals surface area contributed by atoms with Gasteiger partial charge in [0.25, 0.3) is 0 Å². The van der Waals surface area contributed by atoms with Crippen LogP contribution in [-0.2, 0) is 6.42 Å². The summed E-state index contributed by atoms with van der Waals surface area (Å²) in [6.45, 7) is 7.27. The molecule has 27 heavy (non-hydrogen) atoms. The van der Waals surface area contributed by atoms with E-state index >= 15 is 0 Å². The number of aromatic nitrogens is 1. The number of ketones is 1. The third kappa shape index (κ3) is 3.30. The van der Waals surface area contributed by atoms with Crippen LogP contribution in [0.25, 0.3) is 16.9 Å². The molecule has 0 saturated carbocycles. The molecule has 0 atom stereocenters. The minimum Gasteiger partial charge on any atom is -0.369 e. The number of benzene rings is 2. The van der Waals surface area contributed by atoms with Crippen molar-refractivity contribution in [2.24, 2.45) is 0 Å². The highest BCUT2D eigenvalue weighted by atomic mass is 16.1. The Kier molecular flexibility index (Phi) is 4.61. The maximum Gasteiger partial charge on any atom is 0.159 e. The van der Waals surface area contributed by atoms with Crippen molar-refractivity contribution in [2.75, 3.05) is 11.4 Å². The molecular formula is C24H26N2O. The zero-order valence-electron chi connectivity index (χ0n) is 16.3. The molecule has 0 aliphatic carbocycles. The number of anilines is 1. The SMILES string of the molecule is CC(=O)c1ccc(-n2cccc2-c2ccc3c(c2)CCCN3C(C)C)cc1. The number of Topliss-reactive ketones (excluding diaryl/α,β-unsaturated/α-hetero) is 1. The van der Waals surface area contributed by atoms with Crippen LogP contribution in [0, 0.1) is 0 Å². The molecule has 4 rings (SSSR count). The molecule has 3 aromatic rings. The third-order valence-electron chi connectivity index (χ3n) is 5.45. The monoisotopic (exact) mass is 358 g/mol. The Hall–Kier alpha value is -2.81. The second-order valence-electron chi connectivity index (χ2n) is 7.60. The van der Waals surface area contributed by atoms with E-state index in [0.29, 0.717) is 6.04 Å². The fourth-order valence-corrected chi connectivity index (χ4v) is 4.02. The molecule has 1 aliphatic heterocycles. The zero-order valence-corrected chi connectivity index (χ0v) is 16.3. The predicted octanol–water partition coefficient (Wildman–Crippen LogP) is 5.51. The average molecular weight is 358 g/mol. The smallest absolute Gasteiger partial charge is 0.159 e. The number of hydrogen-bond donors (Lipinski definition) is 0. The van der Waals surface area contributed by atoms with Crippen molar-refractivity contribution in [3.63, 3.8) is 0 Å². The van der Waals surface area contributed by atoms with E-state index < -0.39 is 0 Å². The number of nitrogens with zero attached hydrogens (tertiary/aromatic N) is 2. The minimum atomic E-state index is 0.0960. The lowest BCUT2D eigenvalue weighted by Gasteiger charge is -2.35. The fraction of sp³-hybridized carbons (Fsp3) is 0.292. The van der Waals surface area contributed by atoms with Crippen molar-refractivity contribution in [1.29, 1.82) is 0 Å². The molecule has 0 bridgehead atoms. The van der Waals surface area contributed by atoms with Gasteiger partial charge in [0, 0.05) is 35.7 Å². The van der Waals surface area contributed by atoms with Crippen molar-refractivity contribution in [3.05, 3.63) is 71.9 Å². The van der Waals surface area contributed by atoms with E-state index in [9.17, 15) is 4.79 Å². The molecule has 0 spiro atoms. The predicted molar refractivity (Wildman–Crippen MR) is 112 cm³/mol. The zero-order chi connectivity index (χ0) is 19.0. The number of aryl methyl sites for hydroxylation is 1. The molecule has 0 saturated heterocycles. The topological polar surface area (TPSA) is 25.2 Å². The van der Waals surface area contributed by atoms with Gasteiger partial charge in [0.15, 0.2) is 5.78 Å². The van der Waals surface area contributed by atoms with Crippen LogP contribution in [0.15, 0.2) is 60.8 Å². The lowest BCUT2D eigenvalue weighted by molar-refractivity contribution is 0.101. The summed E-state index contributed by atoms with van der Waals surface area (Å²) in [4.78, 5) is 14.0. The van der Waals surface area contributed by atoms with Crippen LogP contribution in [0.3, 0.4) is 0 Å². The van der Waals surface area contributed by atoms with Gasteiger partial charge in [-0.15, -0.1) is 0 Å². The van der Waals surface area contributed by atoms with Crippen LogP contribution >= 0.6 is 0 Å². The standard InChI is InChI=1S/C24H26N2O/c1-17(2)25-14-4-6-20-16-21(10-13-24(20)25)23-7-5-15-26(23)22-11-8-19(9-12-22)18(3)27/h5,7-13,15-17H,4,6,14H2,1-3H3. The van der Waals surface area contributed by atoms with Gasteiger partial charge < -0.3 is 9.47 Å². The summed E-state index contributed by atoms with van der Waals surface area (Å²) < 4.78 is 2.19. The molecule has 2 heterocycles. The van der Waals surface area contributed by atoms with Crippen LogP contribution in [0.5, 0.6) is 0 Å². The summed E-state index contributed by atoms with van der Waals surface area (Å²) in [5.41, 5.74) is 7.04. The number of hydrogen-bond acceptors (Lipinski definition) is 2. The van der Waals surface area contributed by atoms with Gasteiger partial charge in [-0.3, -0.25) is 4.79 Å². The number of carbonyl (C=O) groups excluding carboxylic acids is 1. The Morgan fingerprint density at radius 3 is 2.52 bits per heavy atom. The van der Waals surface area contributed by atoms with Crippen molar-refractivity contribution in [2.45, 2.75) is 39.7 Å². The fourth-order valence-electron chi connectivity index (χ4n) is 4.02. The Bertz CT molecular complexity index is 966. The summed E-state index contributed by atoms with van der Waals surface area (Å²) in [6.07, 6.45) is 4.43. The minimum absolute atomic E-state index is 0.0960. The number of fused-ring (bicyclic) bond motifs is 1. The lowest BCUT2D eigenvalue weighted by atomic mass is 9.97. The van der Waals surface area contributed by atoms with E-state index in [2.05, 4.69) is 59.8 Å². The van der Waals surface area contributed by atoms with Gasteiger partial charge in [-0.25, -0.2) is 0 Å². The van der Waals surface area contributed by atoms with E-state index in [1.807, 2.05) is 24.3 Å². The summed E-state index contributed by atoms with van der Waals surface area (Å²) in [7, 11) is 0. The molecule has 1 aromatic heterocycles. The van der Waals surface area contributed by atoms with E-state index in [1.165, 1.54) is 28.9 Å². The van der Waals surface area contributed by atoms with E-state index in [-0.39, 0.29) is 5.78 Å². The van der Waals surface area contributed by atoms with Crippen LogP contribution < -0.4 is 4.90 Å². The first-order chi connectivity index (χ1) is 13.0. The molecule has 0 unspecified atom stereocenters. The van der Waals surface area contributed by atoms with Gasteiger partial charge in [0.2, 0.25) is 0 Å². The number of carbonyl (C=O) groups is 1. The highest BCUT2D eigenvalue weighted by Crippen LogP contribution is 2.33. The molecule has 0 radical (unpaired) electrons. The van der Waals surface area contributed by atoms with Crippen molar-refractivity contribution < 1.29 is 4.79 Å². The van der Waals surface area contributed by atoms with Crippen LogP contribution in [-0.4, -0.2) is 22.9 Å². The van der Waals surface area contributed by atoms with Crippen molar-refractivity contribution >= 4 is 11.5 Å². The van der Waals surface area contributed by atoms with Crippen molar-refractivity contribution in [1.82, 2.24) is 4.57 Å². The average Bonchev–Trinajstić information content (AvgIpc) is 3.16. The van der Waals surface area contributed by atoms with E-state index in [4.69, 9.17) is 0 Å². The maximum absolute atomic E-state index is 11.5. The summed E-state index contributed by atoms with van der Waals surface area (Å²) in [6, 6.07) is 19.4. The summed E-state index contributed by atoms with van der Waals surface area (Å²) >= 11 is 0. The Morgan fingerprint density at radius 2 is 1.81 bits per heavy atom. The molecule has 0 fully saturated rings. The van der Waals surface area contributed by atoms with Crippen LogP contribution in [0.1, 0.15) is 43.1 Å². The number of rotatable bonds is 4. The van der Waals surface area contributed by atoms with Crippen LogP contribution in [0.4, 0.5) is 5.69 Å². The van der Waals surface area contributed by atoms with Gasteiger partial charge in [-0.1, -0.05) is 6.07 Å². The molecule has 3 heteroatoms. The maximum atomic E-state index is 11.5. The van der Waals surface area contributed by atoms with Crippen molar-refractivity contribution in [3.8, 4) is 16.9 Å². The quantitative estimate of drug-likeness (QED) is 0.575. The van der Waals surface area contributed by atoms with E-state index in [1.54, 1.807) is 6.92 Å². The van der Waals surface area contributed by atoms with Crippen LogP contribution in [0.2, 0.25) is 0 Å². The molecule has 2 aromatic carbocycles. The molecule has 3 nitrogen and oxygen atoms in total. The highest BCUT2D eigenvalue weighted by Gasteiger charge is 2.20.